The van der Waals surface area contributed by atoms with Crippen molar-refractivity contribution in [2.45, 2.75) is 25.7 Å². The van der Waals surface area contributed by atoms with E-state index in [1.807, 2.05) is 11.0 Å². The van der Waals surface area contributed by atoms with Crippen LogP contribution in [0.4, 0.5) is 0 Å². The van der Waals surface area contributed by atoms with Crippen LogP contribution in [0.15, 0.2) is 18.2 Å². The average Bonchev–Trinajstić information content (AvgIpc) is 2.58. The molecule has 5 heteroatoms. The first-order valence-electron chi connectivity index (χ1n) is 8.51. The Hall–Kier alpha value is -1.75. The summed E-state index contributed by atoms with van der Waals surface area (Å²) in [4.78, 5) is 15.0. The lowest BCUT2D eigenvalue weighted by Crippen LogP contribution is -2.45. The van der Waals surface area contributed by atoms with Gasteiger partial charge >= 0.3 is 0 Å². The van der Waals surface area contributed by atoms with E-state index in [9.17, 15) is 4.79 Å². The molecule has 3 rings (SSSR count). The van der Waals surface area contributed by atoms with Gasteiger partial charge in [0.2, 0.25) is 0 Å². The zero-order valence-corrected chi connectivity index (χ0v) is 13.8. The van der Waals surface area contributed by atoms with Crippen LogP contribution in [0.2, 0.25) is 0 Å². The maximum absolute atomic E-state index is 13.0. The summed E-state index contributed by atoms with van der Waals surface area (Å²) in [5, 5.41) is 0. The molecule has 1 aromatic carbocycles. The number of methoxy groups -OCH3 is 1. The minimum absolute atomic E-state index is 0.0660. The molecule has 1 aliphatic carbocycles. The third-order valence-corrected chi connectivity index (χ3v) is 4.93. The van der Waals surface area contributed by atoms with Crippen LogP contribution in [0.1, 0.15) is 36.0 Å². The van der Waals surface area contributed by atoms with Crippen molar-refractivity contribution in [3.63, 3.8) is 0 Å². The summed E-state index contributed by atoms with van der Waals surface area (Å²) in [6, 6.07) is 5.39. The topological polar surface area (TPSA) is 64.8 Å². The fourth-order valence-electron chi connectivity index (χ4n) is 3.86. The number of fused-ring (bicyclic) bond motifs is 2. The molecule has 1 aliphatic heterocycles. The number of hydrogen-bond donors (Lipinski definition) is 1. The van der Waals surface area contributed by atoms with Gasteiger partial charge in [-0.05, 0) is 43.2 Å². The standard InChI is InChI=1S/C18H26N2O3/c1-22-15-5-6-16(17(10-15)23-8-7-19)18(21)20-11-13-3-2-4-14(9-13)12-20/h5-6,10,13-14H,2-4,7-9,11-12,19H2,1H3/t13-,14-/m1/s1. The summed E-state index contributed by atoms with van der Waals surface area (Å²) >= 11 is 0. The van der Waals surface area contributed by atoms with Crippen LogP contribution in [0.5, 0.6) is 11.5 Å². The number of carbonyl (C=O) groups is 1. The van der Waals surface area contributed by atoms with Crippen molar-refractivity contribution in [1.82, 2.24) is 4.90 Å². The molecule has 0 aromatic heterocycles. The van der Waals surface area contributed by atoms with Gasteiger partial charge < -0.3 is 20.1 Å². The number of piperidine rings is 1. The molecule has 2 bridgehead atoms. The average molecular weight is 318 g/mol. The van der Waals surface area contributed by atoms with Gasteiger partial charge in [-0.25, -0.2) is 0 Å². The number of hydrogen-bond acceptors (Lipinski definition) is 4. The van der Waals surface area contributed by atoms with Gasteiger partial charge in [-0.3, -0.25) is 4.79 Å². The Morgan fingerprint density at radius 3 is 2.70 bits per heavy atom. The molecule has 126 valence electrons. The fourth-order valence-corrected chi connectivity index (χ4v) is 3.86. The van der Waals surface area contributed by atoms with Crippen molar-refractivity contribution in [2.24, 2.45) is 17.6 Å². The van der Waals surface area contributed by atoms with E-state index in [1.54, 1.807) is 19.2 Å². The predicted molar refractivity (Wildman–Crippen MR) is 88.9 cm³/mol. The van der Waals surface area contributed by atoms with E-state index >= 15 is 0 Å². The van der Waals surface area contributed by atoms with Crippen molar-refractivity contribution in [2.75, 3.05) is 33.4 Å². The molecular weight excluding hydrogens is 292 g/mol. The largest absolute Gasteiger partial charge is 0.497 e. The molecule has 2 fully saturated rings. The third kappa shape index (κ3) is 3.61. The predicted octanol–water partition coefficient (Wildman–Crippen LogP) is 2.29. The Morgan fingerprint density at radius 2 is 2.04 bits per heavy atom. The van der Waals surface area contributed by atoms with Crippen LogP contribution in [-0.4, -0.2) is 44.2 Å². The Labute approximate surface area is 137 Å². The van der Waals surface area contributed by atoms with Crippen molar-refractivity contribution >= 4 is 5.91 Å². The van der Waals surface area contributed by atoms with Gasteiger partial charge in [-0.1, -0.05) is 6.42 Å². The van der Waals surface area contributed by atoms with Crippen molar-refractivity contribution in [1.29, 1.82) is 0 Å². The monoisotopic (exact) mass is 318 g/mol. The number of nitrogens with two attached hydrogens (primary N) is 1. The molecule has 0 radical (unpaired) electrons. The van der Waals surface area contributed by atoms with Gasteiger partial charge in [-0.15, -0.1) is 0 Å². The van der Waals surface area contributed by atoms with Crippen LogP contribution in [0, 0.1) is 11.8 Å². The summed E-state index contributed by atoms with van der Waals surface area (Å²) in [6.07, 6.45) is 5.09. The molecular formula is C18H26N2O3. The molecule has 23 heavy (non-hydrogen) atoms. The molecule has 1 saturated carbocycles. The number of ether oxygens (including phenoxy) is 2. The number of carbonyl (C=O) groups excluding carboxylic acids is 1. The normalized spacial score (nSPS) is 23.5. The van der Waals surface area contributed by atoms with Gasteiger partial charge in [0.1, 0.15) is 18.1 Å². The van der Waals surface area contributed by atoms with E-state index in [-0.39, 0.29) is 5.91 Å². The summed E-state index contributed by atoms with van der Waals surface area (Å²) in [6.45, 7) is 2.55. The number of likely N-dealkylation sites (tertiary alicyclic amines) is 1. The molecule has 0 unspecified atom stereocenters. The Morgan fingerprint density at radius 1 is 1.30 bits per heavy atom. The molecule has 1 saturated heterocycles. The number of nitrogens with zero attached hydrogens (tertiary/aromatic N) is 1. The lowest BCUT2D eigenvalue weighted by atomic mass is 9.78. The van der Waals surface area contributed by atoms with Gasteiger partial charge in [-0.2, -0.15) is 0 Å². The van der Waals surface area contributed by atoms with Crippen LogP contribution >= 0.6 is 0 Å². The van der Waals surface area contributed by atoms with Crippen molar-refractivity contribution in [3.8, 4) is 11.5 Å². The fraction of sp³-hybridized carbons (Fsp3) is 0.611. The molecule has 2 atom stereocenters. The molecule has 5 nitrogen and oxygen atoms in total. The van der Waals surface area contributed by atoms with Crippen molar-refractivity contribution in [3.05, 3.63) is 23.8 Å². The Bertz CT molecular complexity index is 549. The van der Waals surface area contributed by atoms with Gasteiger partial charge in [0.15, 0.2) is 0 Å². The molecule has 0 spiro atoms. The molecule has 2 N–H and O–H groups in total. The SMILES string of the molecule is COc1ccc(C(=O)N2C[C@@H]3CCC[C@H](C3)C2)c(OCCN)c1. The first-order valence-corrected chi connectivity index (χ1v) is 8.51. The minimum Gasteiger partial charge on any atom is -0.497 e. The molecule has 1 heterocycles. The lowest BCUT2D eigenvalue weighted by Gasteiger charge is -2.41. The Balaban J connectivity index is 1.80. The van der Waals surface area contributed by atoms with Crippen LogP contribution < -0.4 is 15.2 Å². The van der Waals surface area contributed by atoms with Crippen LogP contribution in [0.25, 0.3) is 0 Å². The van der Waals surface area contributed by atoms with Crippen LogP contribution in [-0.2, 0) is 0 Å². The van der Waals surface area contributed by atoms with E-state index in [4.69, 9.17) is 15.2 Å². The van der Waals surface area contributed by atoms with E-state index in [1.165, 1.54) is 25.7 Å². The van der Waals surface area contributed by atoms with E-state index < -0.39 is 0 Å². The molecule has 1 amide bonds. The van der Waals surface area contributed by atoms with Crippen LogP contribution in [0.3, 0.4) is 0 Å². The first-order chi connectivity index (χ1) is 11.2. The maximum Gasteiger partial charge on any atom is 0.257 e. The highest BCUT2D eigenvalue weighted by Crippen LogP contribution is 2.36. The lowest BCUT2D eigenvalue weighted by molar-refractivity contribution is 0.0500. The quantitative estimate of drug-likeness (QED) is 0.905. The van der Waals surface area contributed by atoms with Gasteiger partial charge in [0, 0.05) is 25.7 Å². The highest BCUT2D eigenvalue weighted by Gasteiger charge is 2.33. The highest BCUT2D eigenvalue weighted by atomic mass is 16.5. The van der Waals surface area contributed by atoms with E-state index in [0.717, 1.165) is 13.1 Å². The second-order valence-electron chi connectivity index (χ2n) is 6.61. The minimum atomic E-state index is 0.0660. The molecule has 2 aliphatic rings. The summed E-state index contributed by atoms with van der Waals surface area (Å²) in [7, 11) is 1.61. The summed E-state index contributed by atoms with van der Waals surface area (Å²) in [5.41, 5.74) is 6.14. The van der Waals surface area contributed by atoms with Gasteiger partial charge in [0.05, 0.1) is 12.7 Å². The maximum atomic E-state index is 13.0. The number of benzene rings is 1. The number of rotatable bonds is 5. The second kappa shape index (κ2) is 7.21. The van der Waals surface area contributed by atoms with E-state index in [2.05, 4.69) is 0 Å². The second-order valence-corrected chi connectivity index (χ2v) is 6.61. The van der Waals surface area contributed by atoms with E-state index in [0.29, 0.717) is 42.0 Å². The third-order valence-electron chi connectivity index (χ3n) is 4.93. The molecule has 1 aromatic rings. The summed E-state index contributed by atoms with van der Waals surface area (Å²) < 4.78 is 10.9. The first kappa shape index (κ1) is 16.1. The smallest absolute Gasteiger partial charge is 0.257 e. The van der Waals surface area contributed by atoms with Crippen molar-refractivity contribution < 1.29 is 14.3 Å². The van der Waals surface area contributed by atoms with Gasteiger partial charge in [0.25, 0.3) is 5.91 Å². The Kier molecular flexibility index (Phi) is 5.06. The zero-order valence-electron chi connectivity index (χ0n) is 13.8. The summed E-state index contributed by atoms with van der Waals surface area (Å²) in [5.74, 6) is 2.65. The zero-order chi connectivity index (χ0) is 16.2. The highest BCUT2D eigenvalue weighted by molar-refractivity contribution is 5.97. The number of amides is 1.